The minimum Gasteiger partial charge on any atom is -0.457 e. The Bertz CT molecular complexity index is 1450. The van der Waals surface area contributed by atoms with E-state index < -0.39 is 47.6 Å². The summed E-state index contributed by atoms with van der Waals surface area (Å²) in [4.78, 5) is 27.4. The number of benzene rings is 3. The first-order chi connectivity index (χ1) is 19.6. The first-order valence-corrected chi connectivity index (χ1v) is 13.2. The van der Waals surface area contributed by atoms with Crippen LogP contribution in [-0.4, -0.2) is 62.8 Å². The Balaban J connectivity index is 1.35. The minimum atomic E-state index is -2.18. The second-order valence-electron chi connectivity index (χ2n) is 9.78. The van der Waals surface area contributed by atoms with Crippen LogP contribution in [-0.2, 0) is 19.1 Å². The number of anilines is 1. The Kier molecular flexibility index (Phi) is 8.27. The number of hydrogen-bond acceptors (Lipinski definition) is 9. The molecule has 2 aliphatic heterocycles. The molecule has 0 spiro atoms. The van der Waals surface area contributed by atoms with Gasteiger partial charge in [-0.1, -0.05) is 48.5 Å². The van der Waals surface area contributed by atoms with E-state index in [4.69, 9.17) is 26.4 Å². The van der Waals surface area contributed by atoms with Crippen LogP contribution in [0.2, 0.25) is 0 Å². The number of nitrogens with zero attached hydrogens (tertiary/aromatic N) is 1. The maximum absolute atomic E-state index is 13.5. The second-order valence-corrected chi connectivity index (χ2v) is 10.2. The molecule has 2 heterocycles. The molecule has 1 unspecified atom stereocenters. The van der Waals surface area contributed by atoms with Crippen molar-refractivity contribution in [3.8, 4) is 11.5 Å². The number of aliphatic hydroxyl groups excluding tert-OH is 2. The van der Waals surface area contributed by atoms with Crippen molar-refractivity contribution in [3.63, 3.8) is 0 Å². The molecule has 0 radical (unpaired) electrons. The highest BCUT2D eigenvalue weighted by molar-refractivity contribution is 7.80. The molecule has 2 amide bonds. The van der Waals surface area contributed by atoms with Gasteiger partial charge in [-0.05, 0) is 61.6 Å². The number of nitrogens with one attached hydrogen (secondary N) is 1. The standard InChI is InChI=1S/C30H28N2O8S/c1-30(37,25(34)24-23(33)17-38-28(40-24)18-8-4-2-5-9-18)16-22-26(35)31-29(41)32(27(22)36)19-12-14-21(15-13-19)39-20-10-6-3-7-11-20/h2-16,23-25,28,33-34,37H,17H2,1H3,(H,31,35,41)/b22-16+/t23-,24-,25+,28?,30+/m1/s1. The lowest BCUT2D eigenvalue weighted by atomic mass is 9.88. The van der Waals surface area contributed by atoms with Gasteiger partial charge in [-0.25, -0.2) is 0 Å². The van der Waals surface area contributed by atoms with Gasteiger partial charge in [0.1, 0.15) is 41.0 Å². The van der Waals surface area contributed by atoms with Crippen LogP contribution in [0.5, 0.6) is 11.5 Å². The third kappa shape index (κ3) is 6.20. The lowest BCUT2D eigenvalue weighted by Gasteiger charge is -2.40. The van der Waals surface area contributed by atoms with Crippen LogP contribution < -0.4 is 15.0 Å². The summed E-state index contributed by atoms with van der Waals surface area (Å²) in [5.41, 5.74) is -1.63. The first kappa shape index (κ1) is 28.6. The van der Waals surface area contributed by atoms with Crippen molar-refractivity contribution < 1.29 is 39.1 Å². The van der Waals surface area contributed by atoms with Crippen LogP contribution in [0.15, 0.2) is 96.6 Å². The van der Waals surface area contributed by atoms with Crippen molar-refractivity contribution in [2.75, 3.05) is 11.5 Å². The number of para-hydroxylation sites is 1. The van der Waals surface area contributed by atoms with Gasteiger partial charge >= 0.3 is 0 Å². The molecule has 2 fully saturated rings. The molecular formula is C30H28N2O8S. The van der Waals surface area contributed by atoms with Gasteiger partial charge in [-0.2, -0.15) is 0 Å². The summed E-state index contributed by atoms with van der Waals surface area (Å²) < 4.78 is 17.1. The van der Waals surface area contributed by atoms with Gasteiger partial charge in [0.25, 0.3) is 11.8 Å². The molecular weight excluding hydrogens is 548 g/mol. The predicted octanol–water partition coefficient (Wildman–Crippen LogP) is 2.74. The van der Waals surface area contributed by atoms with Crippen molar-refractivity contribution in [2.45, 2.75) is 37.1 Å². The van der Waals surface area contributed by atoms with Gasteiger partial charge in [0.2, 0.25) is 0 Å². The molecule has 10 nitrogen and oxygen atoms in total. The Morgan fingerprint density at radius 3 is 2.29 bits per heavy atom. The molecule has 4 N–H and O–H groups in total. The Morgan fingerprint density at radius 1 is 1.02 bits per heavy atom. The molecule has 0 aromatic heterocycles. The van der Waals surface area contributed by atoms with Crippen molar-refractivity contribution >= 4 is 34.8 Å². The summed E-state index contributed by atoms with van der Waals surface area (Å²) in [6.45, 7) is 1.04. The van der Waals surface area contributed by atoms with Crippen molar-refractivity contribution in [1.82, 2.24) is 5.32 Å². The van der Waals surface area contributed by atoms with E-state index in [0.29, 0.717) is 22.7 Å². The van der Waals surface area contributed by atoms with Crippen LogP contribution >= 0.6 is 12.2 Å². The third-order valence-electron chi connectivity index (χ3n) is 6.67. The first-order valence-electron chi connectivity index (χ1n) is 12.8. The zero-order valence-corrected chi connectivity index (χ0v) is 22.7. The topological polar surface area (TPSA) is 138 Å². The minimum absolute atomic E-state index is 0.150. The molecule has 2 aliphatic rings. The summed E-state index contributed by atoms with van der Waals surface area (Å²) in [5.74, 6) is -0.497. The molecule has 41 heavy (non-hydrogen) atoms. The van der Waals surface area contributed by atoms with E-state index in [1.54, 1.807) is 60.7 Å². The van der Waals surface area contributed by atoms with Crippen molar-refractivity contribution in [3.05, 3.63) is 102 Å². The van der Waals surface area contributed by atoms with Gasteiger partial charge in [0.15, 0.2) is 11.4 Å². The third-order valence-corrected chi connectivity index (χ3v) is 6.96. The molecule has 5 atom stereocenters. The number of thiocarbonyl (C=S) groups is 1. The van der Waals surface area contributed by atoms with E-state index in [-0.39, 0.29) is 11.7 Å². The fraction of sp³-hybridized carbons (Fsp3) is 0.233. The quantitative estimate of drug-likeness (QED) is 0.190. The lowest BCUT2D eigenvalue weighted by Crippen LogP contribution is -2.57. The Hall–Kier alpha value is -3.97. The number of carbonyl (C=O) groups is 2. The second kappa shape index (κ2) is 11.9. The molecule has 11 heteroatoms. The lowest BCUT2D eigenvalue weighted by molar-refractivity contribution is -0.287. The van der Waals surface area contributed by atoms with E-state index in [1.165, 1.54) is 6.92 Å². The summed E-state index contributed by atoms with van der Waals surface area (Å²) in [7, 11) is 0. The van der Waals surface area contributed by atoms with Crippen LogP contribution in [0.4, 0.5) is 5.69 Å². The maximum atomic E-state index is 13.5. The van der Waals surface area contributed by atoms with E-state index in [1.807, 2.05) is 24.3 Å². The highest BCUT2D eigenvalue weighted by Crippen LogP contribution is 2.32. The van der Waals surface area contributed by atoms with Gasteiger partial charge in [0, 0.05) is 5.56 Å². The molecule has 5 rings (SSSR count). The summed E-state index contributed by atoms with van der Waals surface area (Å²) in [6, 6.07) is 24.5. The normalized spacial score (nSPS) is 24.5. The maximum Gasteiger partial charge on any atom is 0.270 e. The zero-order valence-electron chi connectivity index (χ0n) is 21.9. The summed E-state index contributed by atoms with van der Waals surface area (Å²) in [5, 5.41) is 35.1. The van der Waals surface area contributed by atoms with Crippen molar-refractivity contribution in [1.29, 1.82) is 0 Å². The summed E-state index contributed by atoms with van der Waals surface area (Å²) >= 11 is 5.26. The monoisotopic (exact) mass is 576 g/mol. The molecule has 0 saturated carbocycles. The SMILES string of the molecule is C[C@](O)(/C=C1\C(=O)NC(=S)N(c2ccc(Oc3ccccc3)cc2)C1=O)[C@@H](O)[C@@H]1OC(c2ccccc2)OC[C@H]1O. The van der Waals surface area contributed by atoms with Crippen LogP contribution in [0.3, 0.4) is 0 Å². The zero-order chi connectivity index (χ0) is 29.1. The number of carbonyl (C=O) groups excluding carboxylic acids is 2. The molecule has 212 valence electrons. The van der Waals surface area contributed by atoms with Gasteiger partial charge in [-0.15, -0.1) is 0 Å². The van der Waals surface area contributed by atoms with Crippen LogP contribution in [0.25, 0.3) is 0 Å². The van der Waals surface area contributed by atoms with E-state index in [9.17, 15) is 24.9 Å². The summed E-state index contributed by atoms with van der Waals surface area (Å²) in [6.07, 6.45) is -4.27. The number of amides is 2. The van der Waals surface area contributed by atoms with E-state index >= 15 is 0 Å². The largest absolute Gasteiger partial charge is 0.457 e. The fourth-order valence-electron chi connectivity index (χ4n) is 4.51. The number of ether oxygens (including phenoxy) is 3. The van der Waals surface area contributed by atoms with Crippen LogP contribution in [0, 0.1) is 0 Å². The van der Waals surface area contributed by atoms with Gasteiger partial charge < -0.3 is 29.5 Å². The average molecular weight is 577 g/mol. The number of aliphatic hydroxyl groups is 3. The van der Waals surface area contributed by atoms with Gasteiger partial charge in [0.05, 0.1) is 12.3 Å². The molecule has 3 aromatic carbocycles. The molecule has 0 bridgehead atoms. The van der Waals surface area contributed by atoms with Crippen LogP contribution in [0.1, 0.15) is 18.8 Å². The fourth-order valence-corrected chi connectivity index (χ4v) is 4.79. The Morgan fingerprint density at radius 2 is 1.63 bits per heavy atom. The highest BCUT2D eigenvalue weighted by atomic mass is 32.1. The van der Waals surface area contributed by atoms with E-state index in [0.717, 1.165) is 11.0 Å². The highest BCUT2D eigenvalue weighted by Gasteiger charge is 2.45. The number of hydrogen-bond donors (Lipinski definition) is 4. The Labute approximate surface area is 241 Å². The predicted molar refractivity (Wildman–Crippen MR) is 152 cm³/mol. The molecule has 0 aliphatic carbocycles. The van der Waals surface area contributed by atoms with Crippen molar-refractivity contribution in [2.24, 2.45) is 0 Å². The smallest absolute Gasteiger partial charge is 0.270 e. The number of rotatable bonds is 7. The average Bonchev–Trinajstić information content (AvgIpc) is 2.97. The van der Waals surface area contributed by atoms with Gasteiger partial charge in [-0.3, -0.25) is 19.8 Å². The molecule has 2 saturated heterocycles. The molecule has 3 aromatic rings. The van der Waals surface area contributed by atoms with E-state index in [2.05, 4.69) is 5.32 Å².